The second-order valence-electron chi connectivity index (χ2n) is 8.35. The number of amides is 1. The number of hydrogen-bond donors (Lipinski definition) is 2. The number of benzene rings is 2. The first-order chi connectivity index (χ1) is 13.7. The highest BCUT2D eigenvalue weighted by atomic mass is 35.5. The summed E-state index contributed by atoms with van der Waals surface area (Å²) in [5.41, 5.74) is 2.59. The molecule has 7 heteroatoms. The molecule has 2 atom stereocenters. The van der Waals surface area contributed by atoms with Crippen LogP contribution in [-0.4, -0.2) is 31.6 Å². The Hall–Kier alpha value is -2.44. The molecule has 0 aromatic heterocycles. The van der Waals surface area contributed by atoms with E-state index in [1.807, 2.05) is 51.1 Å². The maximum atomic E-state index is 12.3. The molecule has 29 heavy (non-hydrogen) atoms. The molecule has 1 saturated heterocycles. The fraction of sp³-hybridized carbons (Fsp3) is 0.409. The van der Waals surface area contributed by atoms with Gasteiger partial charge in [0.2, 0.25) is 0 Å². The molecule has 2 aromatic rings. The van der Waals surface area contributed by atoms with Gasteiger partial charge in [0.15, 0.2) is 0 Å². The molecule has 2 aromatic carbocycles. The number of methoxy groups -OCH3 is 1. The number of ether oxygens (including phenoxy) is 3. The topological polar surface area (TPSA) is 68.8 Å². The van der Waals surface area contributed by atoms with E-state index in [-0.39, 0.29) is 6.23 Å². The maximum absolute atomic E-state index is 12.3. The normalized spacial score (nSPS) is 22.4. The van der Waals surface area contributed by atoms with E-state index < -0.39 is 17.1 Å². The predicted octanol–water partition coefficient (Wildman–Crippen LogP) is 5.15. The largest absolute Gasteiger partial charge is 0.496 e. The second kappa shape index (κ2) is 7.11. The van der Waals surface area contributed by atoms with Crippen LogP contribution in [0.3, 0.4) is 0 Å². The Morgan fingerprint density at radius 2 is 2.03 bits per heavy atom. The molecule has 1 amide bonds. The number of carbonyl (C=O) groups is 1. The highest BCUT2D eigenvalue weighted by Gasteiger charge is 2.54. The molecular formula is C22H25ClN2O4. The molecule has 2 N–H and O–H groups in total. The summed E-state index contributed by atoms with van der Waals surface area (Å²) >= 11 is 6.33. The average Bonchev–Trinajstić information content (AvgIpc) is 3.17. The van der Waals surface area contributed by atoms with Gasteiger partial charge in [-0.15, -0.1) is 0 Å². The van der Waals surface area contributed by atoms with Gasteiger partial charge in [0.05, 0.1) is 19.1 Å². The van der Waals surface area contributed by atoms with Gasteiger partial charge in [-0.3, -0.25) is 5.32 Å². The van der Waals surface area contributed by atoms with Crippen molar-refractivity contribution in [3.63, 3.8) is 0 Å². The lowest BCUT2D eigenvalue weighted by Crippen LogP contribution is -2.36. The number of nitrogens with one attached hydrogen (secondary N) is 2. The molecule has 0 spiro atoms. The summed E-state index contributed by atoms with van der Waals surface area (Å²) < 4.78 is 17.1. The molecular weight excluding hydrogens is 392 g/mol. The summed E-state index contributed by atoms with van der Waals surface area (Å²) in [6.45, 7) is 6.10. The van der Waals surface area contributed by atoms with Crippen LogP contribution in [0.4, 0.5) is 16.2 Å². The van der Waals surface area contributed by atoms with Crippen LogP contribution in [0.15, 0.2) is 36.4 Å². The fourth-order valence-corrected chi connectivity index (χ4v) is 4.35. The van der Waals surface area contributed by atoms with E-state index in [9.17, 15) is 4.79 Å². The SMILES string of the molecule is COc1ccc(NC(=O)OC(C)(C)C)cc1[C@]12CCOC1Nc1ccc(Cl)cc12. The smallest absolute Gasteiger partial charge is 0.412 e. The highest BCUT2D eigenvalue weighted by molar-refractivity contribution is 6.30. The van der Waals surface area contributed by atoms with Crippen molar-refractivity contribution in [2.75, 3.05) is 24.4 Å². The van der Waals surface area contributed by atoms with Crippen LogP contribution in [0.5, 0.6) is 5.75 Å². The van der Waals surface area contributed by atoms with Gasteiger partial charge in [-0.25, -0.2) is 4.79 Å². The summed E-state index contributed by atoms with van der Waals surface area (Å²) in [5.74, 6) is 0.727. The Kier molecular flexibility index (Phi) is 4.87. The van der Waals surface area contributed by atoms with Crippen molar-refractivity contribution in [3.05, 3.63) is 52.5 Å². The zero-order chi connectivity index (χ0) is 20.8. The number of halogens is 1. The van der Waals surface area contributed by atoms with Crippen molar-refractivity contribution in [2.24, 2.45) is 0 Å². The molecule has 2 aliphatic rings. The van der Waals surface area contributed by atoms with E-state index in [2.05, 4.69) is 10.6 Å². The van der Waals surface area contributed by atoms with Crippen LogP contribution in [-0.2, 0) is 14.9 Å². The number of rotatable bonds is 3. The summed E-state index contributed by atoms with van der Waals surface area (Å²) in [5, 5.41) is 6.94. The van der Waals surface area contributed by atoms with Crippen LogP contribution in [0, 0.1) is 0 Å². The van der Waals surface area contributed by atoms with Gasteiger partial charge in [0.1, 0.15) is 17.6 Å². The van der Waals surface area contributed by atoms with Crippen LogP contribution in [0.25, 0.3) is 0 Å². The molecule has 154 valence electrons. The van der Waals surface area contributed by atoms with Gasteiger partial charge in [-0.05, 0) is 69.2 Å². The lowest BCUT2D eigenvalue weighted by atomic mass is 9.73. The van der Waals surface area contributed by atoms with Crippen LogP contribution < -0.4 is 15.4 Å². The molecule has 0 aliphatic carbocycles. The standard InChI is InChI=1S/C22H25ClN2O4/c1-21(2,3)29-20(26)24-14-6-8-18(27-4)16(12-14)22-9-10-28-19(22)25-17-7-5-13(23)11-15(17)22/h5-8,11-12,19,25H,9-10H2,1-4H3,(H,24,26)/t19?,22-/m1/s1. The minimum Gasteiger partial charge on any atom is -0.496 e. The number of carbonyl (C=O) groups excluding carboxylic acids is 1. The van der Waals surface area contributed by atoms with Gasteiger partial charge < -0.3 is 19.5 Å². The average molecular weight is 417 g/mol. The highest BCUT2D eigenvalue weighted by Crippen LogP contribution is 2.54. The number of hydrogen-bond acceptors (Lipinski definition) is 5. The van der Waals surface area contributed by atoms with E-state index in [0.717, 1.165) is 29.0 Å². The summed E-state index contributed by atoms with van der Waals surface area (Å²) in [4.78, 5) is 12.3. The Balaban J connectivity index is 1.78. The Labute approximate surface area is 175 Å². The summed E-state index contributed by atoms with van der Waals surface area (Å²) in [7, 11) is 1.64. The maximum Gasteiger partial charge on any atom is 0.412 e. The minimum atomic E-state index is -0.576. The van der Waals surface area contributed by atoms with Gasteiger partial charge in [0, 0.05) is 22.0 Å². The predicted molar refractivity (Wildman–Crippen MR) is 113 cm³/mol. The quantitative estimate of drug-likeness (QED) is 0.723. The van der Waals surface area contributed by atoms with Gasteiger partial charge in [0.25, 0.3) is 0 Å². The lowest BCUT2D eigenvalue weighted by molar-refractivity contribution is 0.0636. The van der Waals surface area contributed by atoms with Crippen LogP contribution >= 0.6 is 11.6 Å². The second-order valence-corrected chi connectivity index (χ2v) is 8.78. The van der Waals surface area contributed by atoms with Crippen molar-refractivity contribution < 1.29 is 19.0 Å². The molecule has 1 unspecified atom stereocenters. The molecule has 0 radical (unpaired) electrons. The first kappa shape index (κ1) is 19.9. The van der Waals surface area contributed by atoms with Gasteiger partial charge in [-0.1, -0.05) is 11.6 Å². The van der Waals surface area contributed by atoms with E-state index in [1.165, 1.54) is 0 Å². The molecule has 0 bridgehead atoms. The third-order valence-electron chi connectivity index (χ3n) is 5.30. The third-order valence-corrected chi connectivity index (χ3v) is 5.54. The van der Waals surface area contributed by atoms with Gasteiger partial charge >= 0.3 is 6.09 Å². The Morgan fingerprint density at radius 3 is 2.76 bits per heavy atom. The molecule has 2 heterocycles. The molecule has 6 nitrogen and oxygen atoms in total. The van der Waals surface area contributed by atoms with Crippen molar-refractivity contribution in [1.82, 2.24) is 0 Å². The Morgan fingerprint density at radius 1 is 1.24 bits per heavy atom. The first-order valence-electron chi connectivity index (χ1n) is 9.60. The summed E-state index contributed by atoms with van der Waals surface area (Å²) in [6, 6.07) is 11.4. The number of anilines is 2. The summed E-state index contributed by atoms with van der Waals surface area (Å²) in [6.07, 6.45) is 0.0320. The molecule has 2 aliphatic heterocycles. The van der Waals surface area contributed by atoms with Crippen molar-refractivity contribution in [3.8, 4) is 5.75 Å². The third kappa shape index (κ3) is 3.51. The van der Waals surface area contributed by atoms with Crippen LogP contribution in [0.2, 0.25) is 5.02 Å². The van der Waals surface area contributed by atoms with E-state index >= 15 is 0 Å². The zero-order valence-corrected chi connectivity index (χ0v) is 17.7. The first-order valence-corrected chi connectivity index (χ1v) is 9.97. The van der Waals surface area contributed by atoms with E-state index in [0.29, 0.717) is 17.3 Å². The minimum absolute atomic E-state index is 0.235. The number of fused-ring (bicyclic) bond motifs is 3. The molecule has 1 fully saturated rings. The van der Waals surface area contributed by atoms with Crippen molar-refractivity contribution in [1.29, 1.82) is 0 Å². The van der Waals surface area contributed by atoms with Crippen molar-refractivity contribution >= 4 is 29.1 Å². The van der Waals surface area contributed by atoms with E-state index in [1.54, 1.807) is 13.2 Å². The van der Waals surface area contributed by atoms with E-state index in [4.69, 9.17) is 25.8 Å². The van der Waals surface area contributed by atoms with Gasteiger partial charge in [-0.2, -0.15) is 0 Å². The monoisotopic (exact) mass is 416 g/mol. The Bertz CT molecular complexity index is 956. The van der Waals surface area contributed by atoms with Crippen LogP contribution in [0.1, 0.15) is 38.3 Å². The molecule has 0 saturated carbocycles. The fourth-order valence-electron chi connectivity index (χ4n) is 4.18. The molecule has 4 rings (SSSR count). The lowest BCUT2D eigenvalue weighted by Gasteiger charge is -2.31. The van der Waals surface area contributed by atoms with Crippen molar-refractivity contribution in [2.45, 2.75) is 44.4 Å². The zero-order valence-electron chi connectivity index (χ0n) is 17.0.